The van der Waals surface area contributed by atoms with Crippen molar-refractivity contribution < 1.29 is 23.9 Å². The van der Waals surface area contributed by atoms with Gasteiger partial charge in [-0.15, -0.1) is 0 Å². The van der Waals surface area contributed by atoms with E-state index in [9.17, 15) is 19.2 Å². The van der Waals surface area contributed by atoms with E-state index in [1.165, 1.54) is 11.9 Å². The Morgan fingerprint density at radius 3 is 2.24 bits per heavy atom. The number of rotatable bonds is 5. The minimum Gasteiger partial charge on any atom is -0.484 e. The van der Waals surface area contributed by atoms with E-state index >= 15 is 0 Å². The maximum Gasteiger partial charge on any atom is 0.327 e. The number of benzene rings is 1. The lowest BCUT2D eigenvalue weighted by atomic mass is 10.1. The van der Waals surface area contributed by atoms with E-state index in [1.807, 2.05) is 19.9 Å². The number of hydrogen-bond acceptors (Lipinski definition) is 5. The molecule has 2 N–H and O–H groups in total. The highest BCUT2D eigenvalue weighted by Crippen LogP contribution is 2.15. The van der Waals surface area contributed by atoms with Crippen LogP contribution in [0, 0.1) is 13.8 Å². The molecule has 0 spiro atoms. The maximum atomic E-state index is 11.7. The van der Waals surface area contributed by atoms with Gasteiger partial charge in [-0.3, -0.25) is 30.1 Å². The number of amides is 5. The van der Waals surface area contributed by atoms with Crippen LogP contribution >= 0.6 is 0 Å². The zero-order valence-corrected chi connectivity index (χ0v) is 14.3. The normalized spacial score (nSPS) is 13.9. The molecule has 9 nitrogen and oxygen atoms in total. The van der Waals surface area contributed by atoms with Crippen LogP contribution in [0.15, 0.2) is 18.2 Å². The second kappa shape index (κ2) is 7.65. The predicted molar refractivity (Wildman–Crippen MR) is 87.4 cm³/mol. The highest BCUT2D eigenvalue weighted by Gasteiger charge is 2.34. The van der Waals surface area contributed by atoms with Crippen LogP contribution in [0.3, 0.4) is 0 Å². The van der Waals surface area contributed by atoms with Crippen LogP contribution < -0.4 is 15.6 Å². The molecular formula is C16H20N4O5. The second-order valence-electron chi connectivity index (χ2n) is 5.83. The van der Waals surface area contributed by atoms with Crippen LogP contribution in [-0.2, 0) is 14.4 Å². The first-order valence-corrected chi connectivity index (χ1v) is 7.60. The van der Waals surface area contributed by atoms with Crippen LogP contribution in [0.5, 0.6) is 5.75 Å². The lowest BCUT2D eigenvalue weighted by molar-refractivity contribution is -0.133. The number of carbonyl (C=O) groups excluding carboxylic acids is 4. The summed E-state index contributed by atoms with van der Waals surface area (Å²) in [7, 11) is 1.46. The van der Waals surface area contributed by atoms with Crippen molar-refractivity contribution in [2.24, 2.45) is 0 Å². The fourth-order valence-corrected chi connectivity index (χ4v) is 2.35. The molecule has 0 radical (unpaired) electrons. The van der Waals surface area contributed by atoms with Crippen molar-refractivity contribution in [2.75, 3.05) is 26.7 Å². The monoisotopic (exact) mass is 348 g/mol. The van der Waals surface area contributed by atoms with E-state index in [-0.39, 0.29) is 13.2 Å². The quantitative estimate of drug-likeness (QED) is 0.562. The van der Waals surface area contributed by atoms with Crippen molar-refractivity contribution in [3.05, 3.63) is 29.3 Å². The SMILES string of the molecule is Cc1cc(C)cc(OCC(=O)NNC(=O)CN2C(=O)CN(C)C2=O)c1. The van der Waals surface area contributed by atoms with Gasteiger partial charge < -0.3 is 9.64 Å². The summed E-state index contributed by atoms with van der Waals surface area (Å²) in [6.45, 7) is 3.02. The molecule has 9 heteroatoms. The number of urea groups is 1. The maximum absolute atomic E-state index is 11.7. The third-order valence-electron chi connectivity index (χ3n) is 3.44. The van der Waals surface area contributed by atoms with E-state index in [1.54, 1.807) is 12.1 Å². The molecule has 25 heavy (non-hydrogen) atoms. The summed E-state index contributed by atoms with van der Waals surface area (Å²) in [5.41, 5.74) is 6.33. The number of ether oxygens (including phenoxy) is 1. The Morgan fingerprint density at radius 1 is 1.08 bits per heavy atom. The average Bonchev–Trinajstić information content (AvgIpc) is 2.76. The van der Waals surface area contributed by atoms with Crippen LogP contribution in [-0.4, -0.2) is 60.3 Å². The van der Waals surface area contributed by atoms with Gasteiger partial charge in [0.25, 0.3) is 17.7 Å². The Labute approximate surface area is 144 Å². The number of aryl methyl sites for hydroxylation is 2. The number of imide groups is 1. The summed E-state index contributed by atoms with van der Waals surface area (Å²) >= 11 is 0. The summed E-state index contributed by atoms with van der Waals surface area (Å²) in [6.07, 6.45) is 0. The smallest absolute Gasteiger partial charge is 0.327 e. The molecule has 0 aromatic heterocycles. The lowest BCUT2D eigenvalue weighted by Crippen LogP contribution is -2.49. The summed E-state index contributed by atoms with van der Waals surface area (Å²) in [4.78, 5) is 48.7. The number of hydrogen-bond donors (Lipinski definition) is 2. The summed E-state index contributed by atoms with van der Waals surface area (Å²) in [5, 5.41) is 0. The molecule has 0 unspecified atom stereocenters. The first kappa shape index (κ1) is 18.2. The lowest BCUT2D eigenvalue weighted by Gasteiger charge is -2.14. The van der Waals surface area contributed by atoms with Crippen LogP contribution in [0.4, 0.5) is 4.79 Å². The first-order chi connectivity index (χ1) is 11.8. The fraction of sp³-hybridized carbons (Fsp3) is 0.375. The molecule has 1 fully saturated rings. The van der Waals surface area contributed by atoms with Gasteiger partial charge in [-0.1, -0.05) is 6.07 Å². The van der Waals surface area contributed by atoms with E-state index < -0.39 is 30.3 Å². The largest absolute Gasteiger partial charge is 0.484 e. The van der Waals surface area contributed by atoms with E-state index in [0.29, 0.717) is 5.75 Å². The predicted octanol–water partition coefficient (Wildman–Crippen LogP) is -0.276. The minimum absolute atomic E-state index is 0.0672. The number of nitrogens with one attached hydrogen (secondary N) is 2. The molecule has 1 saturated heterocycles. The average molecular weight is 348 g/mol. The van der Waals surface area contributed by atoms with Gasteiger partial charge in [0.15, 0.2) is 6.61 Å². The van der Waals surface area contributed by atoms with Crippen molar-refractivity contribution in [3.8, 4) is 5.75 Å². The third kappa shape index (κ3) is 4.93. The highest BCUT2D eigenvalue weighted by atomic mass is 16.5. The molecule has 0 atom stereocenters. The van der Waals surface area contributed by atoms with E-state index in [4.69, 9.17) is 4.74 Å². The molecule has 2 rings (SSSR count). The van der Waals surface area contributed by atoms with Gasteiger partial charge in [-0.2, -0.15) is 0 Å². The molecule has 1 aromatic rings. The molecule has 1 heterocycles. The zero-order chi connectivity index (χ0) is 18.6. The minimum atomic E-state index is -0.684. The number of hydrazine groups is 1. The summed E-state index contributed by atoms with van der Waals surface area (Å²) in [5.74, 6) is -1.16. The number of carbonyl (C=O) groups is 4. The zero-order valence-electron chi connectivity index (χ0n) is 14.3. The van der Waals surface area contributed by atoms with Gasteiger partial charge >= 0.3 is 6.03 Å². The van der Waals surface area contributed by atoms with Crippen molar-refractivity contribution >= 4 is 23.8 Å². The van der Waals surface area contributed by atoms with Crippen molar-refractivity contribution in [1.29, 1.82) is 0 Å². The molecule has 1 aliphatic heterocycles. The van der Waals surface area contributed by atoms with E-state index in [2.05, 4.69) is 10.9 Å². The second-order valence-corrected chi connectivity index (χ2v) is 5.83. The Balaban J connectivity index is 1.75. The molecule has 134 valence electrons. The van der Waals surface area contributed by atoms with E-state index in [0.717, 1.165) is 16.0 Å². The standard InChI is InChI=1S/C16H20N4O5/c1-10-4-11(2)6-12(5-10)25-9-14(22)18-17-13(21)7-20-15(23)8-19(3)16(20)24/h4-6H,7-9H2,1-3H3,(H,17,21)(H,18,22). The molecule has 0 bridgehead atoms. The van der Waals surface area contributed by atoms with Crippen molar-refractivity contribution in [1.82, 2.24) is 20.7 Å². The highest BCUT2D eigenvalue weighted by molar-refractivity contribution is 6.04. The molecule has 1 aromatic carbocycles. The van der Waals surface area contributed by atoms with Gasteiger partial charge in [0.1, 0.15) is 18.8 Å². The molecule has 0 aliphatic carbocycles. The van der Waals surface area contributed by atoms with Gasteiger partial charge in [0.2, 0.25) is 0 Å². The number of likely N-dealkylation sites (N-methyl/N-ethyl adjacent to an activating group) is 1. The molecule has 5 amide bonds. The Morgan fingerprint density at radius 2 is 1.68 bits per heavy atom. The fourth-order valence-electron chi connectivity index (χ4n) is 2.35. The molecular weight excluding hydrogens is 328 g/mol. The van der Waals surface area contributed by atoms with Crippen LogP contribution in [0.1, 0.15) is 11.1 Å². The Kier molecular flexibility index (Phi) is 5.58. The summed E-state index contributed by atoms with van der Waals surface area (Å²) in [6, 6.07) is 5.01. The topological polar surface area (TPSA) is 108 Å². The third-order valence-corrected chi connectivity index (χ3v) is 3.44. The Bertz CT molecular complexity index is 698. The van der Waals surface area contributed by atoms with Crippen molar-refractivity contribution in [2.45, 2.75) is 13.8 Å². The van der Waals surface area contributed by atoms with Gasteiger partial charge in [0.05, 0.1) is 0 Å². The molecule has 1 aliphatic rings. The van der Waals surface area contributed by atoms with Crippen LogP contribution in [0.25, 0.3) is 0 Å². The van der Waals surface area contributed by atoms with Crippen molar-refractivity contribution in [3.63, 3.8) is 0 Å². The molecule has 0 saturated carbocycles. The van der Waals surface area contributed by atoms with Gasteiger partial charge in [-0.25, -0.2) is 4.79 Å². The summed E-state index contributed by atoms with van der Waals surface area (Å²) < 4.78 is 5.35. The first-order valence-electron chi connectivity index (χ1n) is 7.60. The Hall–Kier alpha value is -3.10. The number of nitrogens with zero attached hydrogens (tertiary/aromatic N) is 2. The van der Waals surface area contributed by atoms with Crippen LogP contribution in [0.2, 0.25) is 0 Å². The van der Waals surface area contributed by atoms with Gasteiger partial charge in [0, 0.05) is 7.05 Å². The van der Waals surface area contributed by atoms with Gasteiger partial charge in [-0.05, 0) is 37.1 Å².